The number of para-hydroxylation sites is 2. The molecule has 0 bridgehead atoms. The van der Waals surface area contributed by atoms with E-state index in [-0.39, 0.29) is 11.8 Å². The van der Waals surface area contributed by atoms with Crippen molar-refractivity contribution < 1.29 is 4.79 Å². The first-order chi connectivity index (χ1) is 12.2. The zero-order valence-corrected chi connectivity index (χ0v) is 14.8. The zero-order valence-electron chi connectivity index (χ0n) is 14.8. The fourth-order valence-corrected chi connectivity index (χ4v) is 3.82. The molecule has 25 heavy (non-hydrogen) atoms. The van der Waals surface area contributed by atoms with E-state index in [1.807, 2.05) is 17.9 Å². The summed E-state index contributed by atoms with van der Waals surface area (Å²) in [5.41, 5.74) is 4.67. The van der Waals surface area contributed by atoms with Gasteiger partial charge in [-0.05, 0) is 31.5 Å². The van der Waals surface area contributed by atoms with Gasteiger partial charge < -0.3 is 9.47 Å². The number of amides is 1. The minimum absolute atomic E-state index is 0.171. The molecule has 1 atom stereocenters. The van der Waals surface area contributed by atoms with E-state index >= 15 is 0 Å². The number of carbonyl (C=O) groups is 1. The van der Waals surface area contributed by atoms with E-state index in [4.69, 9.17) is 4.98 Å². The largest absolute Gasteiger partial charge is 0.342 e. The van der Waals surface area contributed by atoms with Crippen LogP contribution in [0.2, 0.25) is 0 Å². The molecule has 1 saturated heterocycles. The van der Waals surface area contributed by atoms with Crippen LogP contribution in [-0.2, 0) is 11.3 Å². The number of aromatic nitrogens is 2. The summed E-state index contributed by atoms with van der Waals surface area (Å²) in [6.45, 7) is 6.48. The smallest absolute Gasteiger partial charge is 0.223 e. The van der Waals surface area contributed by atoms with Crippen LogP contribution in [-0.4, -0.2) is 33.4 Å². The van der Waals surface area contributed by atoms with Gasteiger partial charge in [0, 0.05) is 32.0 Å². The maximum atomic E-state index is 12.2. The van der Waals surface area contributed by atoms with Crippen LogP contribution in [0.15, 0.2) is 48.5 Å². The van der Waals surface area contributed by atoms with Crippen LogP contribution in [0.25, 0.3) is 11.0 Å². The monoisotopic (exact) mass is 333 g/mol. The molecular formula is C21H23N3O. The fraction of sp³-hybridized carbons (Fsp3) is 0.333. The zero-order chi connectivity index (χ0) is 17.4. The molecule has 0 saturated carbocycles. The van der Waals surface area contributed by atoms with E-state index in [9.17, 15) is 4.79 Å². The Labute approximate surface area is 148 Å². The van der Waals surface area contributed by atoms with Crippen LogP contribution < -0.4 is 0 Å². The van der Waals surface area contributed by atoms with Crippen LogP contribution in [0.1, 0.15) is 36.2 Å². The number of hydrogen-bond donors (Lipinski definition) is 0. The number of benzene rings is 2. The molecule has 0 spiro atoms. The summed E-state index contributed by atoms with van der Waals surface area (Å²) >= 11 is 0. The molecule has 0 aliphatic carbocycles. The number of aryl methyl sites for hydroxylation is 1. The molecule has 4 nitrogen and oxygen atoms in total. The summed E-state index contributed by atoms with van der Waals surface area (Å²) in [7, 11) is 0. The molecule has 0 N–H and O–H groups in total. The maximum Gasteiger partial charge on any atom is 0.223 e. The van der Waals surface area contributed by atoms with Gasteiger partial charge >= 0.3 is 0 Å². The SMILES string of the molecule is CCN1CC(c2nc3ccccc3n2Cc2cccc(C)c2)CC1=O. The van der Waals surface area contributed by atoms with Gasteiger partial charge in [-0.3, -0.25) is 4.79 Å². The van der Waals surface area contributed by atoms with Crippen molar-refractivity contribution in [3.8, 4) is 0 Å². The first-order valence-electron chi connectivity index (χ1n) is 8.94. The lowest BCUT2D eigenvalue weighted by Crippen LogP contribution is -2.24. The van der Waals surface area contributed by atoms with Crippen LogP contribution in [0.4, 0.5) is 0 Å². The number of fused-ring (bicyclic) bond motifs is 1. The normalized spacial score (nSPS) is 17.6. The Morgan fingerprint density at radius 2 is 2.00 bits per heavy atom. The predicted octanol–water partition coefficient (Wildman–Crippen LogP) is 3.73. The van der Waals surface area contributed by atoms with Gasteiger partial charge in [-0.25, -0.2) is 4.98 Å². The highest BCUT2D eigenvalue weighted by Crippen LogP contribution is 2.30. The molecular weight excluding hydrogens is 310 g/mol. The highest BCUT2D eigenvalue weighted by molar-refractivity contribution is 5.81. The van der Waals surface area contributed by atoms with Crippen molar-refractivity contribution in [2.24, 2.45) is 0 Å². The molecule has 128 valence electrons. The Balaban J connectivity index is 1.77. The molecule has 4 rings (SSSR count). The van der Waals surface area contributed by atoms with Crippen LogP contribution in [0.5, 0.6) is 0 Å². The third kappa shape index (κ3) is 2.93. The lowest BCUT2D eigenvalue weighted by molar-refractivity contribution is -0.127. The summed E-state index contributed by atoms with van der Waals surface area (Å²) in [5, 5.41) is 0. The summed E-state index contributed by atoms with van der Waals surface area (Å²) in [5.74, 6) is 1.44. The van der Waals surface area contributed by atoms with E-state index < -0.39 is 0 Å². The van der Waals surface area contributed by atoms with Crippen molar-refractivity contribution in [2.75, 3.05) is 13.1 Å². The second-order valence-corrected chi connectivity index (χ2v) is 6.87. The van der Waals surface area contributed by atoms with Crippen molar-refractivity contribution in [3.05, 3.63) is 65.5 Å². The third-order valence-corrected chi connectivity index (χ3v) is 5.07. The molecule has 0 radical (unpaired) electrons. The molecule has 3 aromatic rings. The van der Waals surface area contributed by atoms with Gasteiger partial charge in [0.05, 0.1) is 11.0 Å². The average molecular weight is 333 g/mol. The first-order valence-corrected chi connectivity index (χ1v) is 8.94. The number of nitrogens with zero attached hydrogens (tertiary/aromatic N) is 3. The highest BCUT2D eigenvalue weighted by atomic mass is 16.2. The highest BCUT2D eigenvalue weighted by Gasteiger charge is 2.33. The van der Waals surface area contributed by atoms with E-state index in [1.165, 1.54) is 11.1 Å². The van der Waals surface area contributed by atoms with Crippen molar-refractivity contribution in [3.63, 3.8) is 0 Å². The number of likely N-dealkylation sites (N-methyl/N-ethyl adjacent to an activating group) is 1. The number of imidazole rings is 1. The summed E-state index contributed by atoms with van der Waals surface area (Å²) < 4.78 is 2.29. The van der Waals surface area contributed by atoms with E-state index in [2.05, 4.69) is 54.0 Å². The lowest BCUT2D eigenvalue weighted by atomic mass is 10.1. The van der Waals surface area contributed by atoms with Crippen molar-refractivity contribution in [1.29, 1.82) is 0 Å². The Morgan fingerprint density at radius 1 is 1.16 bits per heavy atom. The first kappa shape index (κ1) is 15.9. The number of rotatable bonds is 4. The van der Waals surface area contributed by atoms with Crippen molar-refractivity contribution >= 4 is 16.9 Å². The van der Waals surface area contributed by atoms with E-state index in [1.54, 1.807) is 0 Å². The summed E-state index contributed by atoms with van der Waals surface area (Å²) in [4.78, 5) is 19.0. The predicted molar refractivity (Wildman–Crippen MR) is 99.6 cm³/mol. The second-order valence-electron chi connectivity index (χ2n) is 6.87. The van der Waals surface area contributed by atoms with Gasteiger partial charge in [-0.2, -0.15) is 0 Å². The van der Waals surface area contributed by atoms with Gasteiger partial charge in [0.25, 0.3) is 0 Å². The minimum atomic E-state index is 0.171. The average Bonchev–Trinajstić information content (AvgIpc) is 3.16. The molecule has 1 aliphatic rings. The number of likely N-dealkylation sites (tertiary alicyclic amines) is 1. The van der Waals surface area contributed by atoms with Crippen molar-refractivity contribution in [1.82, 2.24) is 14.5 Å². The molecule has 2 heterocycles. The molecule has 1 aliphatic heterocycles. The summed E-state index contributed by atoms with van der Waals surface area (Å²) in [6.07, 6.45) is 0.560. The van der Waals surface area contributed by atoms with Crippen molar-refractivity contribution in [2.45, 2.75) is 32.7 Å². The van der Waals surface area contributed by atoms with Crippen LogP contribution >= 0.6 is 0 Å². The Bertz CT molecular complexity index is 928. The fourth-order valence-electron chi connectivity index (χ4n) is 3.82. The topological polar surface area (TPSA) is 38.1 Å². The number of carbonyl (C=O) groups excluding carboxylic acids is 1. The molecule has 1 unspecified atom stereocenters. The quantitative estimate of drug-likeness (QED) is 0.730. The Hall–Kier alpha value is -2.62. The lowest BCUT2D eigenvalue weighted by Gasteiger charge is -2.15. The molecule has 2 aromatic carbocycles. The number of hydrogen-bond acceptors (Lipinski definition) is 2. The summed E-state index contributed by atoms with van der Waals surface area (Å²) in [6, 6.07) is 16.8. The molecule has 1 aromatic heterocycles. The standard InChI is InChI=1S/C21H23N3O/c1-3-23-14-17(12-20(23)25)21-22-18-9-4-5-10-19(18)24(21)13-16-8-6-7-15(2)11-16/h4-11,17H,3,12-14H2,1-2H3. The van der Waals surface area contributed by atoms with Gasteiger partial charge in [0.15, 0.2) is 0 Å². The van der Waals surface area contributed by atoms with Crippen LogP contribution in [0, 0.1) is 6.92 Å². The van der Waals surface area contributed by atoms with E-state index in [0.717, 1.165) is 36.5 Å². The van der Waals surface area contributed by atoms with Gasteiger partial charge in [-0.1, -0.05) is 42.0 Å². The Morgan fingerprint density at radius 3 is 2.76 bits per heavy atom. The van der Waals surface area contributed by atoms with Gasteiger partial charge in [0.2, 0.25) is 5.91 Å². The third-order valence-electron chi connectivity index (χ3n) is 5.07. The maximum absolute atomic E-state index is 12.2. The Kier molecular flexibility index (Phi) is 4.04. The van der Waals surface area contributed by atoms with Gasteiger partial charge in [0.1, 0.15) is 5.82 Å². The molecule has 4 heteroatoms. The van der Waals surface area contributed by atoms with Crippen LogP contribution in [0.3, 0.4) is 0 Å². The molecule has 1 amide bonds. The van der Waals surface area contributed by atoms with E-state index in [0.29, 0.717) is 6.42 Å². The van der Waals surface area contributed by atoms with Gasteiger partial charge in [-0.15, -0.1) is 0 Å². The second kappa shape index (κ2) is 6.36. The molecule has 1 fully saturated rings. The minimum Gasteiger partial charge on any atom is -0.342 e.